The van der Waals surface area contributed by atoms with E-state index in [4.69, 9.17) is 5.73 Å². The summed E-state index contributed by atoms with van der Waals surface area (Å²) in [5, 5.41) is 0. The van der Waals surface area contributed by atoms with Gasteiger partial charge in [-0.3, -0.25) is 0 Å². The molecule has 0 aromatic carbocycles. The second-order valence-corrected chi connectivity index (χ2v) is 7.07. The SMILES string of the molecule is CC(C)C[C@H](N)CC1SCCCS1. The van der Waals surface area contributed by atoms with Crippen LogP contribution in [0.3, 0.4) is 0 Å². The average Bonchev–Trinajstić information content (AvgIpc) is 2.04. The molecule has 0 spiro atoms. The van der Waals surface area contributed by atoms with E-state index in [2.05, 4.69) is 37.4 Å². The molecule has 1 atom stereocenters. The van der Waals surface area contributed by atoms with Crippen molar-refractivity contribution in [2.24, 2.45) is 11.7 Å². The van der Waals surface area contributed by atoms with Crippen LogP contribution < -0.4 is 5.73 Å². The second kappa shape index (κ2) is 6.20. The van der Waals surface area contributed by atoms with E-state index in [0.717, 1.165) is 10.5 Å². The van der Waals surface area contributed by atoms with Gasteiger partial charge in [-0.05, 0) is 36.7 Å². The lowest BCUT2D eigenvalue weighted by atomic mass is 10.0. The minimum absolute atomic E-state index is 0.420. The smallest absolute Gasteiger partial charge is 0.0517 e. The van der Waals surface area contributed by atoms with Gasteiger partial charge in [-0.15, -0.1) is 23.5 Å². The predicted octanol–water partition coefficient (Wildman–Crippen LogP) is 2.95. The van der Waals surface area contributed by atoms with Crippen LogP contribution >= 0.6 is 23.5 Å². The molecule has 13 heavy (non-hydrogen) atoms. The van der Waals surface area contributed by atoms with Crippen molar-refractivity contribution in [2.45, 2.75) is 43.7 Å². The van der Waals surface area contributed by atoms with Crippen molar-refractivity contribution >= 4 is 23.5 Å². The molecule has 0 radical (unpaired) electrons. The fraction of sp³-hybridized carbons (Fsp3) is 1.00. The van der Waals surface area contributed by atoms with Crippen LogP contribution in [0.15, 0.2) is 0 Å². The van der Waals surface area contributed by atoms with Crippen molar-refractivity contribution in [3.05, 3.63) is 0 Å². The number of hydrogen-bond donors (Lipinski definition) is 1. The molecule has 1 saturated heterocycles. The lowest BCUT2D eigenvalue weighted by Gasteiger charge is -2.24. The van der Waals surface area contributed by atoms with Crippen molar-refractivity contribution in [1.82, 2.24) is 0 Å². The Bertz CT molecular complexity index is 133. The van der Waals surface area contributed by atoms with Crippen LogP contribution in [0.1, 0.15) is 33.1 Å². The summed E-state index contributed by atoms with van der Waals surface area (Å²) in [5.74, 6) is 3.42. The molecule has 1 rings (SSSR count). The monoisotopic (exact) mass is 219 g/mol. The number of thioether (sulfide) groups is 2. The zero-order valence-electron chi connectivity index (χ0n) is 8.66. The summed E-state index contributed by atoms with van der Waals surface area (Å²) in [4.78, 5) is 0. The highest BCUT2D eigenvalue weighted by Gasteiger charge is 2.17. The van der Waals surface area contributed by atoms with Gasteiger partial charge in [-0.2, -0.15) is 0 Å². The van der Waals surface area contributed by atoms with E-state index in [1.807, 2.05) is 0 Å². The maximum Gasteiger partial charge on any atom is 0.0517 e. The van der Waals surface area contributed by atoms with Crippen LogP contribution in [0.25, 0.3) is 0 Å². The van der Waals surface area contributed by atoms with Crippen LogP contribution in [-0.4, -0.2) is 22.1 Å². The third-order valence-corrected chi connectivity index (χ3v) is 5.16. The molecule has 1 aliphatic heterocycles. The van der Waals surface area contributed by atoms with E-state index < -0.39 is 0 Å². The third-order valence-electron chi connectivity index (χ3n) is 2.17. The molecule has 2 N–H and O–H groups in total. The first-order chi connectivity index (χ1) is 6.18. The standard InChI is InChI=1S/C10H21NS2/c1-8(2)6-9(11)7-10-12-4-3-5-13-10/h8-10H,3-7,11H2,1-2H3/t9-/m0/s1. The molecule has 0 unspecified atom stereocenters. The fourth-order valence-corrected chi connectivity index (χ4v) is 4.68. The van der Waals surface area contributed by atoms with Gasteiger partial charge in [0.1, 0.15) is 0 Å². The van der Waals surface area contributed by atoms with Crippen LogP contribution in [-0.2, 0) is 0 Å². The van der Waals surface area contributed by atoms with Gasteiger partial charge in [0.05, 0.1) is 4.58 Å². The average molecular weight is 219 g/mol. The van der Waals surface area contributed by atoms with Gasteiger partial charge >= 0.3 is 0 Å². The Morgan fingerprint density at radius 1 is 1.31 bits per heavy atom. The normalized spacial score (nSPS) is 22.2. The van der Waals surface area contributed by atoms with E-state index in [9.17, 15) is 0 Å². The van der Waals surface area contributed by atoms with Crippen molar-refractivity contribution in [3.63, 3.8) is 0 Å². The highest BCUT2D eigenvalue weighted by molar-refractivity contribution is 8.17. The molecule has 0 saturated carbocycles. The fourth-order valence-electron chi connectivity index (χ4n) is 1.62. The first kappa shape index (κ1) is 11.7. The molecule has 3 heteroatoms. The first-order valence-electron chi connectivity index (χ1n) is 5.17. The molecule has 0 aliphatic carbocycles. The molecule has 1 heterocycles. The second-order valence-electron chi connectivity index (χ2n) is 4.15. The summed E-state index contributed by atoms with van der Waals surface area (Å²) in [6.07, 6.45) is 3.76. The molecular weight excluding hydrogens is 198 g/mol. The molecule has 0 aromatic heterocycles. The van der Waals surface area contributed by atoms with Crippen LogP contribution in [0.2, 0.25) is 0 Å². The Balaban J connectivity index is 2.14. The van der Waals surface area contributed by atoms with Gasteiger partial charge in [0.2, 0.25) is 0 Å². The van der Waals surface area contributed by atoms with E-state index in [-0.39, 0.29) is 0 Å². The maximum atomic E-state index is 6.08. The molecule has 0 aromatic rings. The van der Waals surface area contributed by atoms with Crippen molar-refractivity contribution in [3.8, 4) is 0 Å². The summed E-state index contributed by atoms with van der Waals surface area (Å²) < 4.78 is 0.780. The van der Waals surface area contributed by atoms with Crippen molar-refractivity contribution in [2.75, 3.05) is 11.5 Å². The van der Waals surface area contributed by atoms with Crippen LogP contribution in [0.5, 0.6) is 0 Å². The first-order valence-corrected chi connectivity index (χ1v) is 7.27. The van der Waals surface area contributed by atoms with Crippen LogP contribution in [0, 0.1) is 5.92 Å². The quantitative estimate of drug-likeness (QED) is 0.787. The van der Waals surface area contributed by atoms with Crippen LogP contribution in [0.4, 0.5) is 0 Å². The van der Waals surface area contributed by atoms with Gasteiger partial charge in [-0.25, -0.2) is 0 Å². The Kier molecular flexibility index (Phi) is 5.60. The largest absolute Gasteiger partial charge is 0.328 e. The highest BCUT2D eigenvalue weighted by atomic mass is 32.2. The summed E-state index contributed by atoms with van der Waals surface area (Å²) in [7, 11) is 0. The summed E-state index contributed by atoms with van der Waals surface area (Å²) in [6, 6.07) is 0.420. The number of hydrogen-bond acceptors (Lipinski definition) is 3. The van der Waals surface area contributed by atoms with Crippen molar-refractivity contribution < 1.29 is 0 Å². The zero-order valence-corrected chi connectivity index (χ0v) is 10.3. The lowest BCUT2D eigenvalue weighted by Crippen LogP contribution is -2.26. The summed E-state index contributed by atoms with van der Waals surface area (Å²) in [6.45, 7) is 4.50. The Labute approximate surface area is 90.6 Å². The molecule has 0 bridgehead atoms. The molecule has 1 nitrogen and oxygen atoms in total. The van der Waals surface area contributed by atoms with Gasteiger partial charge in [0.25, 0.3) is 0 Å². The Morgan fingerprint density at radius 2 is 1.92 bits per heavy atom. The number of rotatable bonds is 4. The van der Waals surface area contributed by atoms with E-state index in [0.29, 0.717) is 6.04 Å². The summed E-state index contributed by atoms with van der Waals surface area (Å²) in [5.41, 5.74) is 6.08. The maximum absolute atomic E-state index is 6.08. The van der Waals surface area contributed by atoms with E-state index in [1.54, 1.807) is 0 Å². The lowest BCUT2D eigenvalue weighted by molar-refractivity contribution is 0.484. The molecule has 1 fully saturated rings. The minimum Gasteiger partial charge on any atom is -0.328 e. The van der Waals surface area contributed by atoms with Gasteiger partial charge in [0, 0.05) is 6.04 Å². The molecule has 0 amide bonds. The molecule has 78 valence electrons. The molecule has 1 aliphatic rings. The van der Waals surface area contributed by atoms with E-state index >= 15 is 0 Å². The van der Waals surface area contributed by atoms with E-state index in [1.165, 1.54) is 30.8 Å². The third kappa shape index (κ3) is 5.18. The minimum atomic E-state index is 0.420. The van der Waals surface area contributed by atoms with Crippen molar-refractivity contribution in [1.29, 1.82) is 0 Å². The van der Waals surface area contributed by atoms with Gasteiger partial charge < -0.3 is 5.73 Å². The van der Waals surface area contributed by atoms with Gasteiger partial charge in [-0.1, -0.05) is 13.8 Å². The Morgan fingerprint density at radius 3 is 2.46 bits per heavy atom. The predicted molar refractivity (Wildman–Crippen MR) is 65.4 cm³/mol. The number of nitrogens with two attached hydrogens (primary N) is 1. The highest BCUT2D eigenvalue weighted by Crippen LogP contribution is 2.33. The summed E-state index contributed by atoms with van der Waals surface area (Å²) >= 11 is 4.20. The van der Waals surface area contributed by atoms with Gasteiger partial charge in [0.15, 0.2) is 0 Å². The Hall–Kier alpha value is 0.660. The molecular formula is C10H21NS2. The zero-order chi connectivity index (χ0) is 9.68. The topological polar surface area (TPSA) is 26.0 Å².